The van der Waals surface area contributed by atoms with Crippen molar-refractivity contribution in [1.82, 2.24) is 10.3 Å². The van der Waals surface area contributed by atoms with Crippen LogP contribution in [-0.4, -0.2) is 18.1 Å². The van der Waals surface area contributed by atoms with Crippen LogP contribution in [0.4, 0.5) is 0 Å². The average molecular weight is 174 g/mol. The maximum atomic E-state index is 4.49. The quantitative estimate of drug-likeness (QED) is 0.695. The predicted octanol–water partition coefficient (Wildman–Crippen LogP) is 1.33. The first-order valence-corrected chi connectivity index (χ1v) is 5.04. The Hall–Kier alpha value is -0.890. The van der Waals surface area contributed by atoms with Gasteiger partial charge in [-0.15, -0.1) is 0 Å². The van der Waals surface area contributed by atoms with Crippen molar-refractivity contribution in [3.8, 4) is 0 Å². The maximum Gasteiger partial charge on any atom is 0.0469 e. The lowest BCUT2D eigenvalue weighted by atomic mass is 9.92. The van der Waals surface area contributed by atoms with E-state index in [1.807, 2.05) is 12.3 Å². The molecule has 2 heterocycles. The van der Waals surface area contributed by atoms with Crippen LogP contribution in [0.5, 0.6) is 0 Å². The normalized spacial score (nSPS) is 36.8. The van der Waals surface area contributed by atoms with E-state index in [2.05, 4.69) is 22.4 Å². The molecular weight excluding hydrogens is 160 g/mol. The summed E-state index contributed by atoms with van der Waals surface area (Å²) in [6, 6.07) is 6.29. The highest BCUT2D eigenvalue weighted by Crippen LogP contribution is 2.56. The van der Waals surface area contributed by atoms with Gasteiger partial charge in [0.1, 0.15) is 0 Å². The number of hydrogen-bond donors (Lipinski definition) is 1. The Bertz CT molecular complexity index is 309. The fourth-order valence-electron chi connectivity index (χ4n) is 2.64. The van der Waals surface area contributed by atoms with E-state index in [-0.39, 0.29) is 0 Å². The van der Waals surface area contributed by atoms with Gasteiger partial charge in [-0.1, -0.05) is 6.07 Å². The number of piperidine rings is 1. The van der Waals surface area contributed by atoms with E-state index in [0.29, 0.717) is 5.41 Å². The molecule has 2 aliphatic rings. The van der Waals surface area contributed by atoms with Gasteiger partial charge < -0.3 is 5.32 Å². The second kappa shape index (κ2) is 2.55. The van der Waals surface area contributed by atoms with Crippen LogP contribution in [0, 0.1) is 5.92 Å². The smallest absolute Gasteiger partial charge is 0.0469 e. The lowest BCUT2D eigenvalue weighted by molar-refractivity contribution is 0.438. The Morgan fingerprint density at radius 1 is 1.46 bits per heavy atom. The minimum atomic E-state index is 0.465. The summed E-state index contributed by atoms with van der Waals surface area (Å²) in [4.78, 5) is 4.49. The molecule has 68 valence electrons. The molecule has 1 saturated carbocycles. The van der Waals surface area contributed by atoms with E-state index >= 15 is 0 Å². The van der Waals surface area contributed by atoms with Gasteiger partial charge >= 0.3 is 0 Å². The highest BCUT2D eigenvalue weighted by molar-refractivity contribution is 5.29. The molecule has 1 aromatic heterocycles. The van der Waals surface area contributed by atoms with Gasteiger partial charge in [-0.05, 0) is 44.0 Å². The standard InChI is InChI=1S/C11H14N2/c1-2-5-13-10(3-1)11-4-6-12-8-9(11)7-11/h1-3,5,9,12H,4,6-8H2/t9-,11+/m1/s1. The van der Waals surface area contributed by atoms with Crippen LogP contribution >= 0.6 is 0 Å². The van der Waals surface area contributed by atoms with Gasteiger partial charge in [0, 0.05) is 17.3 Å². The summed E-state index contributed by atoms with van der Waals surface area (Å²) in [5.74, 6) is 0.858. The zero-order valence-corrected chi connectivity index (χ0v) is 7.66. The van der Waals surface area contributed by atoms with Crippen molar-refractivity contribution in [3.05, 3.63) is 30.1 Å². The first kappa shape index (κ1) is 7.51. The molecule has 3 rings (SSSR count). The topological polar surface area (TPSA) is 24.9 Å². The molecule has 2 fully saturated rings. The zero-order chi connectivity index (χ0) is 8.73. The van der Waals surface area contributed by atoms with Gasteiger partial charge in [-0.25, -0.2) is 0 Å². The third-order valence-electron chi connectivity index (χ3n) is 3.55. The lowest BCUT2D eigenvalue weighted by Gasteiger charge is -2.21. The summed E-state index contributed by atoms with van der Waals surface area (Å²) in [5, 5.41) is 3.44. The third kappa shape index (κ3) is 1.02. The second-order valence-electron chi connectivity index (χ2n) is 4.23. The van der Waals surface area contributed by atoms with Gasteiger partial charge in [0.05, 0.1) is 0 Å². The summed E-state index contributed by atoms with van der Waals surface area (Å²) >= 11 is 0. The molecular formula is C11H14N2. The van der Waals surface area contributed by atoms with Crippen LogP contribution in [0.15, 0.2) is 24.4 Å². The molecule has 1 N–H and O–H groups in total. The second-order valence-corrected chi connectivity index (χ2v) is 4.23. The van der Waals surface area contributed by atoms with E-state index in [1.54, 1.807) is 0 Å². The lowest BCUT2D eigenvalue weighted by Crippen LogP contribution is -2.31. The summed E-state index contributed by atoms with van der Waals surface area (Å²) in [6.07, 6.45) is 4.53. The average Bonchev–Trinajstić information content (AvgIpc) is 2.94. The highest BCUT2D eigenvalue weighted by atomic mass is 14.9. The van der Waals surface area contributed by atoms with Crippen molar-refractivity contribution < 1.29 is 0 Å². The van der Waals surface area contributed by atoms with Crippen LogP contribution in [-0.2, 0) is 5.41 Å². The highest BCUT2D eigenvalue weighted by Gasteiger charge is 2.56. The summed E-state index contributed by atoms with van der Waals surface area (Å²) in [6.45, 7) is 2.35. The molecule has 0 unspecified atom stereocenters. The van der Waals surface area contributed by atoms with Gasteiger partial charge in [0.15, 0.2) is 0 Å². The number of aromatic nitrogens is 1. The molecule has 2 heteroatoms. The van der Waals surface area contributed by atoms with E-state index in [9.17, 15) is 0 Å². The summed E-state index contributed by atoms with van der Waals surface area (Å²) < 4.78 is 0. The molecule has 0 amide bonds. The zero-order valence-electron chi connectivity index (χ0n) is 7.66. The molecule has 0 radical (unpaired) electrons. The first-order valence-electron chi connectivity index (χ1n) is 5.04. The van der Waals surface area contributed by atoms with Gasteiger partial charge in [-0.2, -0.15) is 0 Å². The largest absolute Gasteiger partial charge is 0.316 e. The molecule has 0 bridgehead atoms. The third-order valence-corrected chi connectivity index (χ3v) is 3.55. The van der Waals surface area contributed by atoms with Crippen molar-refractivity contribution in [2.75, 3.05) is 13.1 Å². The van der Waals surface area contributed by atoms with E-state index in [4.69, 9.17) is 0 Å². The molecule has 1 saturated heterocycles. The summed E-state index contributed by atoms with van der Waals surface area (Å²) in [5.41, 5.74) is 1.79. The van der Waals surface area contributed by atoms with Crippen molar-refractivity contribution in [1.29, 1.82) is 0 Å². The number of nitrogens with zero attached hydrogens (tertiary/aromatic N) is 1. The monoisotopic (exact) mass is 174 g/mol. The fourth-order valence-corrected chi connectivity index (χ4v) is 2.64. The van der Waals surface area contributed by atoms with Crippen molar-refractivity contribution in [3.63, 3.8) is 0 Å². The van der Waals surface area contributed by atoms with Crippen molar-refractivity contribution >= 4 is 0 Å². The minimum Gasteiger partial charge on any atom is -0.316 e. The van der Waals surface area contributed by atoms with Crippen molar-refractivity contribution in [2.24, 2.45) is 5.92 Å². The number of hydrogen-bond acceptors (Lipinski definition) is 2. The van der Waals surface area contributed by atoms with Crippen LogP contribution in [0.3, 0.4) is 0 Å². The summed E-state index contributed by atoms with van der Waals surface area (Å²) in [7, 11) is 0. The SMILES string of the molecule is c1ccc([C@]23CCNC[C@H]2C3)nc1. The number of pyridine rings is 1. The predicted molar refractivity (Wildman–Crippen MR) is 51.5 cm³/mol. The number of rotatable bonds is 1. The Morgan fingerprint density at radius 2 is 2.46 bits per heavy atom. The molecule has 1 aromatic rings. The molecule has 0 aromatic carbocycles. The van der Waals surface area contributed by atoms with E-state index < -0.39 is 0 Å². The van der Waals surface area contributed by atoms with Crippen LogP contribution < -0.4 is 5.32 Å². The number of nitrogens with one attached hydrogen (secondary N) is 1. The van der Waals surface area contributed by atoms with Gasteiger partial charge in [-0.3, -0.25) is 4.98 Å². The van der Waals surface area contributed by atoms with Crippen LogP contribution in [0.2, 0.25) is 0 Å². The fraction of sp³-hybridized carbons (Fsp3) is 0.545. The maximum absolute atomic E-state index is 4.49. The van der Waals surface area contributed by atoms with Gasteiger partial charge in [0.2, 0.25) is 0 Å². The van der Waals surface area contributed by atoms with E-state index in [1.165, 1.54) is 25.1 Å². The molecule has 0 spiro atoms. The first-order chi connectivity index (χ1) is 6.42. The molecule has 2 atom stereocenters. The Labute approximate surface area is 78.4 Å². The van der Waals surface area contributed by atoms with Crippen LogP contribution in [0.25, 0.3) is 0 Å². The minimum absolute atomic E-state index is 0.465. The Morgan fingerprint density at radius 3 is 3.23 bits per heavy atom. The van der Waals surface area contributed by atoms with Crippen molar-refractivity contribution in [2.45, 2.75) is 18.3 Å². The molecule has 1 aliphatic heterocycles. The molecule has 2 nitrogen and oxygen atoms in total. The van der Waals surface area contributed by atoms with E-state index in [0.717, 1.165) is 12.5 Å². The van der Waals surface area contributed by atoms with Gasteiger partial charge in [0.25, 0.3) is 0 Å². The molecule has 1 aliphatic carbocycles. The Balaban J connectivity index is 1.94. The van der Waals surface area contributed by atoms with Crippen LogP contribution in [0.1, 0.15) is 18.5 Å². The Kier molecular flexibility index (Phi) is 1.47. The number of fused-ring (bicyclic) bond motifs is 1. The molecule has 13 heavy (non-hydrogen) atoms.